The maximum absolute atomic E-state index is 12.3. The lowest BCUT2D eigenvalue weighted by molar-refractivity contribution is -0.145. The molecule has 0 aliphatic rings. The molecule has 0 bridgehead atoms. The first-order valence-corrected chi connectivity index (χ1v) is 8.70. The Bertz CT molecular complexity index is 863. The van der Waals surface area contributed by atoms with Crippen molar-refractivity contribution in [3.63, 3.8) is 0 Å². The zero-order valence-corrected chi connectivity index (χ0v) is 15.6. The summed E-state index contributed by atoms with van der Waals surface area (Å²) in [5.74, 6) is -0.212. The molecule has 0 amide bonds. The Balaban J connectivity index is 1.96. The van der Waals surface area contributed by atoms with Crippen LogP contribution >= 0.6 is 22.6 Å². The number of methoxy groups -OCH3 is 1. The van der Waals surface area contributed by atoms with Crippen molar-refractivity contribution in [2.45, 2.75) is 12.5 Å². The van der Waals surface area contributed by atoms with Crippen LogP contribution in [0.2, 0.25) is 0 Å². The number of benzene rings is 2. The van der Waals surface area contributed by atoms with Gasteiger partial charge in [0, 0.05) is 12.0 Å². The smallest absolute Gasteiger partial charge is 0.331 e. The third kappa shape index (κ3) is 3.81. The van der Waals surface area contributed by atoms with E-state index in [-0.39, 0.29) is 5.75 Å². The minimum Gasteiger partial charge on any atom is -0.508 e. The summed E-state index contributed by atoms with van der Waals surface area (Å²) in [6.07, 6.45) is 0.389. The van der Waals surface area contributed by atoms with Gasteiger partial charge in [0.25, 0.3) is 0 Å². The summed E-state index contributed by atoms with van der Waals surface area (Å²) in [5, 5.41) is 17.8. The predicted molar refractivity (Wildman–Crippen MR) is 101 cm³/mol. The average Bonchev–Trinajstić information content (AvgIpc) is 3.02. The summed E-state index contributed by atoms with van der Waals surface area (Å²) in [6, 6.07) is 15.8. The second kappa shape index (κ2) is 7.64. The molecular formula is C18H16IN3O3. The van der Waals surface area contributed by atoms with E-state index in [1.54, 1.807) is 28.9 Å². The Labute approximate surface area is 158 Å². The van der Waals surface area contributed by atoms with E-state index in [1.165, 1.54) is 7.11 Å². The molecule has 0 spiro atoms. The minimum atomic E-state index is -0.633. The van der Waals surface area contributed by atoms with Gasteiger partial charge in [-0.2, -0.15) is 0 Å². The van der Waals surface area contributed by atoms with Crippen LogP contribution in [0.15, 0.2) is 54.6 Å². The Morgan fingerprint density at radius 2 is 1.88 bits per heavy atom. The lowest BCUT2D eigenvalue weighted by Gasteiger charge is -2.16. The Kier molecular flexibility index (Phi) is 5.32. The average molecular weight is 449 g/mol. The number of hydrogen-bond acceptors (Lipinski definition) is 5. The number of ether oxygens (including phenoxy) is 1. The molecule has 3 rings (SSSR count). The van der Waals surface area contributed by atoms with Gasteiger partial charge in [0.2, 0.25) is 0 Å². The minimum absolute atomic E-state index is 0.181. The molecule has 1 aromatic heterocycles. The van der Waals surface area contributed by atoms with Crippen molar-refractivity contribution in [1.82, 2.24) is 15.0 Å². The quantitative estimate of drug-likeness (QED) is 0.478. The van der Waals surface area contributed by atoms with Crippen molar-refractivity contribution in [3.8, 4) is 17.0 Å². The van der Waals surface area contributed by atoms with Gasteiger partial charge in [-0.05, 0) is 40.3 Å². The largest absolute Gasteiger partial charge is 0.508 e. The summed E-state index contributed by atoms with van der Waals surface area (Å²) in [6.45, 7) is 0. The number of phenolic OH excluding ortho intramolecular Hbond substituents is 1. The van der Waals surface area contributed by atoms with E-state index in [2.05, 4.69) is 32.9 Å². The molecule has 0 radical (unpaired) electrons. The number of hydrogen-bond donors (Lipinski definition) is 1. The fraction of sp³-hybridized carbons (Fsp3) is 0.167. The number of halogens is 1. The molecule has 25 heavy (non-hydrogen) atoms. The fourth-order valence-corrected chi connectivity index (χ4v) is 3.37. The van der Waals surface area contributed by atoms with Crippen molar-refractivity contribution >= 4 is 28.6 Å². The normalized spacial score (nSPS) is 11.9. The van der Waals surface area contributed by atoms with Gasteiger partial charge in [0.05, 0.1) is 7.11 Å². The van der Waals surface area contributed by atoms with Crippen LogP contribution < -0.4 is 0 Å². The molecule has 3 aromatic rings. The standard InChI is InChI=1S/C18H16IN3O3/c1-25-18(24)15(11-12-7-9-14(23)10-8-12)22-17(19)16(20-21-22)13-5-3-2-4-6-13/h2-10,15,23H,11H2,1H3. The van der Waals surface area contributed by atoms with Crippen molar-refractivity contribution in [2.24, 2.45) is 0 Å². The van der Waals surface area contributed by atoms with Gasteiger partial charge >= 0.3 is 5.97 Å². The second-order valence-corrected chi connectivity index (χ2v) is 6.47. The predicted octanol–water partition coefficient (Wildman–Crippen LogP) is 3.21. The van der Waals surface area contributed by atoms with Gasteiger partial charge < -0.3 is 9.84 Å². The number of carbonyl (C=O) groups is 1. The van der Waals surface area contributed by atoms with Gasteiger partial charge in [-0.15, -0.1) is 5.10 Å². The maximum Gasteiger partial charge on any atom is 0.331 e. The Morgan fingerprint density at radius 3 is 2.52 bits per heavy atom. The summed E-state index contributed by atoms with van der Waals surface area (Å²) in [5.41, 5.74) is 2.55. The zero-order valence-electron chi connectivity index (χ0n) is 13.5. The molecule has 1 unspecified atom stereocenters. The lowest BCUT2D eigenvalue weighted by Crippen LogP contribution is -2.25. The molecule has 128 valence electrons. The number of nitrogens with zero attached hydrogens (tertiary/aromatic N) is 3. The van der Waals surface area contributed by atoms with Crippen LogP contribution in [0.5, 0.6) is 5.75 Å². The van der Waals surface area contributed by atoms with Crippen molar-refractivity contribution < 1.29 is 14.6 Å². The van der Waals surface area contributed by atoms with Crippen molar-refractivity contribution in [3.05, 3.63) is 63.9 Å². The van der Waals surface area contributed by atoms with Crippen LogP contribution in [0.4, 0.5) is 0 Å². The molecule has 0 saturated carbocycles. The molecule has 1 N–H and O–H groups in total. The van der Waals surface area contributed by atoms with Crippen LogP contribution in [-0.2, 0) is 16.0 Å². The van der Waals surface area contributed by atoms with Gasteiger partial charge in [-0.25, -0.2) is 9.48 Å². The molecule has 7 heteroatoms. The fourth-order valence-electron chi connectivity index (χ4n) is 2.51. The molecule has 2 aromatic carbocycles. The van der Waals surface area contributed by atoms with Gasteiger partial charge in [-0.1, -0.05) is 47.7 Å². The molecule has 1 heterocycles. The summed E-state index contributed by atoms with van der Waals surface area (Å²) < 4.78 is 7.30. The first-order valence-electron chi connectivity index (χ1n) is 7.62. The highest BCUT2D eigenvalue weighted by atomic mass is 127. The molecule has 0 fully saturated rings. The highest BCUT2D eigenvalue weighted by Crippen LogP contribution is 2.26. The van der Waals surface area contributed by atoms with Gasteiger partial charge in [-0.3, -0.25) is 0 Å². The Hall–Kier alpha value is -2.42. The van der Waals surface area contributed by atoms with E-state index >= 15 is 0 Å². The maximum atomic E-state index is 12.3. The first kappa shape index (κ1) is 17.4. The van der Waals surface area contributed by atoms with E-state index in [0.717, 1.165) is 20.5 Å². The van der Waals surface area contributed by atoms with E-state index in [9.17, 15) is 9.90 Å². The highest BCUT2D eigenvalue weighted by molar-refractivity contribution is 14.1. The number of aromatic nitrogens is 3. The molecule has 0 aliphatic carbocycles. The number of esters is 1. The lowest BCUT2D eigenvalue weighted by atomic mass is 10.1. The van der Waals surface area contributed by atoms with E-state index in [0.29, 0.717) is 6.42 Å². The number of rotatable bonds is 5. The number of carbonyl (C=O) groups excluding carboxylic acids is 1. The summed E-state index contributed by atoms with van der Waals surface area (Å²) in [4.78, 5) is 12.3. The van der Waals surface area contributed by atoms with Crippen molar-refractivity contribution in [1.29, 1.82) is 0 Å². The van der Waals surface area contributed by atoms with Crippen LogP contribution in [0.25, 0.3) is 11.3 Å². The van der Waals surface area contributed by atoms with Crippen LogP contribution in [0, 0.1) is 3.70 Å². The second-order valence-electron chi connectivity index (χ2n) is 5.45. The van der Waals surface area contributed by atoms with Crippen molar-refractivity contribution in [2.75, 3.05) is 7.11 Å². The highest BCUT2D eigenvalue weighted by Gasteiger charge is 2.27. The molecule has 1 atom stereocenters. The van der Waals surface area contributed by atoms with Crippen LogP contribution in [-0.4, -0.2) is 33.2 Å². The summed E-state index contributed by atoms with van der Waals surface area (Å²) >= 11 is 2.14. The van der Waals surface area contributed by atoms with Crippen LogP contribution in [0.3, 0.4) is 0 Å². The zero-order chi connectivity index (χ0) is 17.8. The molecular weight excluding hydrogens is 433 g/mol. The van der Waals surface area contributed by atoms with Crippen LogP contribution in [0.1, 0.15) is 11.6 Å². The molecule has 6 nitrogen and oxygen atoms in total. The number of aromatic hydroxyl groups is 1. The monoisotopic (exact) mass is 449 g/mol. The van der Waals surface area contributed by atoms with E-state index < -0.39 is 12.0 Å². The topological polar surface area (TPSA) is 77.2 Å². The third-order valence-corrected chi connectivity index (χ3v) is 4.82. The van der Waals surface area contributed by atoms with E-state index in [4.69, 9.17) is 4.74 Å². The molecule has 0 aliphatic heterocycles. The third-order valence-electron chi connectivity index (χ3n) is 3.82. The first-order chi connectivity index (χ1) is 12.1. The number of phenols is 1. The van der Waals surface area contributed by atoms with E-state index in [1.807, 2.05) is 30.3 Å². The Morgan fingerprint density at radius 1 is 1.20 bits per heavy atom. The van der Waals surface area contributed by atoms with Gasteiger partial charge in [0.15, 0.2) is 6.04 Å². The molecule has 0 saturated heterocycles. The van der Waals surface area contributed by atoms with Gasteiger partial charge in [0.1, 0.15) is 15.1 Å². The summed E-state index contributed by atoms with van der Waals surface area (Å²) in [7, 11) is 1.36. The SMILES string of the molecule is COC(=O)C(Cc1ccc(O)cc1)n1nnc(-c2ccccc2)c1I.